The Kier molecular flexibility index (Phi) is 4.98. The number of methoxy groups -OCH3 is 1. The van der Waals surface area contributed by atoms with Crippen LogP contribution in [0.2, 0.25) is 0 Å². The minimum atomic E-state index is -0.329. The van der Waals surface area contributed by atoms with Gasteiger partial charge in [-0.2, -0.15) is 10.1 Å². The van der Waals surface area contributed by atoms with Crippen LogP contribution in [-0.4, -0.2) is 33.5 Å². The minimum Gasteiger partial charge on any atom is -0.497 e. The lowest BCUT2D eigenvalue weighted by Crippen LogP contribution is -2.01. The summed E-state index contributed by atoms with van der Waals surface area (Å²) in [7, 11) is 1.63. The van der Waals surface area contributed by atoms with Crippen LogP contribution in [-0.2, 0) is 0 Å². The summed E-state index contributed by atoms with van der Waals surface area (Å²) in [5, 5.41) is 14.0. The highest BCUT2D eigenvalue weighted by atomic mass is 32.2. The van der Waals surface area contributed by atoms with E-state index >= 15 is 0 Å². The van der Waals surface area contributed by atoms with Crippen LogP contribution in [0.4, 0.5) is 27.7 Å². The summed E-state index contributed by atoms with van der Waals surface area (Å²) in [5.41, 5.74) is 1.55. The number of H-pyrrole nitrogens is 1. The fourth-order valence-corrected chi connectivity index (χ4v) is 3.18. The van der Waals surface area contributed by atoms with Crippen molar-refractivity contribution in [1.29, 1.82) is 0 Å². The molecule has 3 N–H and O–H groups in total. The van der Waals surface area contributed by atoms with Crippen LogP contribution in [0.1, 0.15) is 0 Å². The lowest BCUT2D eigenvalue weighted by atomic mass is 10.2. The third-order valence-electron chi connectivity index (χ3n) is 4.03. The van der Waals surface area contributed by atoms with Gasteiger partial charge in [0.15, 0.2) is 5.82 Å². The second kappa shape index (κ2) is 7.73. The third-order valence-corrected chi connectivity index (χ3v) is 4.74. The number of ether oxygens (including phenoxy) is 1. The van der Waals surface area contributed by atoms with Crippen LogP contribution < -0.4 is 15.4 Å². The Balaban J connectivity index is 1.59. The van der Waals surface area contributed by atoms with Crippen molar-refractivity contribution in [2.75, 3.05) is 24.0 Å². The van der Waals surface area contributed by atoms with Gasteiger partial charge in [0.1, 0.15) is 17.4 Å². The number of aromatic nitrogens is 4. The predicted octanol–water partition coefficient (Wildman–Crippen LogP) is 4.71. The molecule has 0 spiro atoms. The van der Waals surface area contributed by atoms with E-state index in [2.05, 4.69) is 30.8 Å². The van der Waals surface area contributed by atoms with Crippen molar-refractivity contribution in [3.63, 3.8) is 0 Å². The predicted molar refractivity (Wildman–Crippen MR) is 109 cm³/mol. The molecular formula is C19H17FN6OS. The van der Waals surface area contributed by atoms with E-state index in [1.807, 2.05) is 24.5 Å². The van der Waals surface area contributed by atoms with Crippen molar-refractivity contribution in [1.82, 2.24) is 20.2 Å². The lowest BCUT2D eigenvalue weighted by molar-refractivity contribution is 0.414. The Hall–Kier alpha value is -3.33. The zero-order valence-electron chi connectivity index (χ0n) is 15.2. The van der Waals surface area contributed by atoms with Crippen molar-refractivity contribution >= 4 is 45.9 Å². The van der Waals surface area contributed by atoms with Crippen LogP contribution in [0, 0.1) is 5.82 Å². The highest BCUT2D eigenvalue weighted by Gasteiger charge is 2.09. The number of aromatic amines is 1. The van der Waals surface area contributed by atoms with Crippen molar-refractivity contribution in [2.45, 2.75) is 4.90 Å². The molecule has 0 aliphatic rings. The van der Waals surface area contributed by atoms with E-state index in [4.69, 9.17) is 4.74 Å². The normalized spacial score (nSPS) is 10.8. The number of hydrogen-bond donors (Lipinski definition) is 3. The first kappa shape index (κ1) is 18.1. The maximum atomic E-state index is 13.5. The lowest BCUT2D eigenvalue weighted by Gasteiger charge is -2.10. The van der Waals surface area contributed by atoms with Gasteiger partial charge < -0.3 is 15.4 Å². The molecule has 0 unspecified atom stereocenters. The summed E-state index contributed by atoms with van der Waals surface area (Å²) in [4.78, 5) is 9.76. The molecule has 0 atom stereocenters. The van der Waals surface area contributed by atoms with Gasteiger partial charge in [-0.25, -0.2) is 9.37 Å². The monoisotopic (exact) mass is 396 g/mol. The van der Waals surface area contributed by atoms with E-state index in [-0.39, 0.29) is 5.82 Å². The van der Waals surface area contributed by atoms with Crippen molar-refractivity contribution in [2.24, 2.45) is 0 Å². The molecule has 2 heterocycles. The number of benzene rings is 2. The first-order valence-corrected chi connectivity index (χ1v) is 9.61. The molecular weight excluding hydrogens is 379 g/mol. The van der Waals surface area contributed by atoms with Gasteiger partial charge in [-0.1, -0.05) is 0 Å². The van der Waals surface area contributed by atoms with Crippen LogP contribution in [0.25, 0.3) is 10.9 Å². The Morgan fingerprint density at radius 2 is 2.00 bits per heavy atom. The topological polar surface area (TPSA) is 87.8 Å². The molecule has 0 saturated heterocycles. The fraction of sp³-hybridized carbons (Fsp3) is 0.105. The van der Waals surface area contributed by atoms with Crippen molar-refractivity contribution in [3.8, 4) is 5.75 Å². The summed E-state index contributed by atoms with van der Waals surface area (Å²) >= 11 is 1.62. The second-order valence-electron chi connectivity index (χ2n) is 5.88. The number of thioether (sulfide) groups is 1. The van der Waals surface area contributed by atoms with Gasteiger partial charge in [0.2, 0.25) is 5.95 Å². The first-order chi connectivity index (χ1) is 13.6. The summed E-state index contributed by atoms with van der Waals surface area (Å²) in [6.07, 6.45) is 3.62. The fourth-order valence-electron chi connectivity index (χ4n) is 2.70. The van der Waals surface area contributed by atoms with E-state index in [1.165, 1.54) is 12.1 Å². The Labute approximate surface area is 164 Å². The molecule has 142 valence electrons. The molecule has 0 aliphatic carbocycles. The summed E-state index contributed by atoms with van der Waals surface area (Å²) < 4.78 is 18.9. The van der Waals surface area contributed by atoms with Gasteiger partial charge in [0.25, 0.3) is 0 Å². The van der Waals surface area contributed by atoms with E-state index < -0.39 is 0 Å². The summed E-state index contributed by atoms with van der Waals surface area (Å²) in [6, 6.07) is 12.0. The Morgan fingerprint density at radius 1 is 1.11 bits per heavy atom. The molecule has 0 radical (unpaired) electrons. The molecule has 2 aromatic heterocycles. The number of rotatable bonds is 6. The average Bonchev–Trinajstić information content (AvgIpc) is 3.09. The van der Waals surface area contributed by atoms with E-state index in [0.29, 0.717) is 23.0 Å². The number of hydrogen-bond acceptors (Lipinski definition) is 7. The molecule has 2 aromatic carbocycles. The largest absolute Gasteiger partial charge is 0.497 e. The first-order valence-electron chi connectivity index (χ1n) is 8.38. The average molecular weight is 396 g/mol. The molecule has 0 bridgehead atoms. The number of fused-ring (bicyclic) bond motifs is 1. The highest BCUT2D eigenvalue weighted by Crippen LogP contribution is 2.28. The van der Waals surface area contributed by atoms with E-state index in [1.54, 1.807) is 37.2 Å². The SMILES string of the molecule is COc1cc(Nc2nccc(Nc3n[nH]c4ccc(F)cc34)n2)cc(SC)c1. The van der Waals surface area contributed by atoms with Crippen molar-refractivity contribution in [3.05, 3.63) is 54.5 Å². The van der Waals surface area contributed by atoms with Gasteiger partial charge >= 0.3 is 0 Å². The minimum absolute atomic E-state index is 0.329. The number of anilines is 4. The smallest absolute Gasteiger partial charge is 0.229 e. The quantitative estimate of drug-likeness (QED) is 0.407. The standard InChI is InChI=1S/C19H17FN6OS/c1-27-13-8-12(9-14(10-13)28-2)22-19-21-6-5-17(24-19)23-18-15-7-11(20)3-4-16(15)25-26-18/h3-10H,1-2H3,(H3,21,22,23,24,25,26). The zero-order chi connectivity index (χ0) is 19.5. The number of halogens is 1. The van der Waals surface area contributed by atoms with Gasteiger partial charge in [-0.3, -0.25) is 5.10 Å². The number of nitrogens with zero attached hydrogens (tertiary/aromatic N) is 3. The van der Waals surface area contributed by atoms with Gasteiger partial charge in [-0.05, 0) is 42.7 Å². The molecule has 7 nitrogen and oxygen atoms in total. The van der Waals surface area contributed by atoms with Crippen LogP contribution in [0.3, 0.4) is 0 Å². The van der Waals surface area contributed by atoms with E-state index in [0.717, 1.165) is 21.8 Å². The van der Waals surface area contributed by atoms with Crippen LogP contribution >= 0.6 is 11.8 Å². The molecule has 0 amide bonds. The highest BCUT2D eigenvalue weighted by molar-refractivity contribution is 7.98. The van der Waals surface area contributed by atoms with Crippen LogP contribution in [0.15, 0.2) is 53.6 Å². The maximum absolute atomic E-state index is 13.5. The Morgan fingerprint density at radius 3 is 2.82 bits per heavy atom. The zero-order valence-corrected chi connectivity index (χ0v) is 16.0. The molecule has 28 heavy (non-hydrogen) atoms. The Bertz CT molecular complexity index is 1110. The van der Waals surface area contributed by atoms with Crippen LogP contribution in [0.5, 0.6) is 5.75 Å². The molecule has 4 rings (SSSR count). The number of nitrogens with one attached hydrogen (secondary N) is 3. The van der Waals surface area contributed by atoms with Gasteiger partial charge in [0, 0.05) is 28.2 Å². The molecule has 4 aromatic rings. The molecule has 0 saturated carbocycles. The van der Waals surface area contributed by atoms with Crippen molar-refractivity contribution < 1.29 is 9.13 Å². The summed E-state index contributed by atoms with van der Waals surface area (Å²) in [6.45, 7) is 0. The van der Waals surface area contributed by atoms with Gasteiger partial charge in [0.05, 0.1) is 12.6 Å². The third kappa shape index (κ3) is 3.84. The second-order valence-corrected chi connectivity index (χ2v) is 6.76. The van der Waals surface area contributed by atoms with E-state index in [9.17, 15) is 4.39 Å². The molecule has 9 heteroatoms. The summed E-state index contributed by atoms with van der Waals surface area (Å²) in [5.74, 6) is 1.85. The molecule has 0 aliphatic heterocycles. The maximum Gasteiger partial charge on any atom is 0.229 e. The molecule has 0 fully saturated rings. The van der Waals surface area contributed by atoms with Gasteiger partial charge in [-0.15, -0.1) is 11.8 Å².